The summed E-state index contributed by atoms with van der Waals surface area (Å²) in [6.45, 7) is 9.04. The van der Waals surface area contributed by atoms with Crippen LogP contribution in [0.2, 0.25) is 0 Å². The smallest absolute Gasteiger partial charge is 0.250 e. The Hall–Kier alpha value is -0.430. The molecule has 1 spiro atoms. The maximum Gasteiger partial charge on any atom is 0.250 e. The van der Waals surface area contributed by atoms with Crippen molar-refractivity contribution in [1.82, 2.24) is 14.9 Å². The lowest BCUT2D eigenvalue weighted by Crippen LogP contribution is -2.42. The quantitative estimate of drug-likeness (QED) is 0.256. The van der Waals surface area contributed by atoms with E-state index in [9.17, 15) is 8.42 Å². The zero-order valence-corrected chi connectivity index (χ0v) is 19.8. The fraction of sp³-hybridized carbons (Fsp3) is 0.706. The Morgan fingerprint density at radius 2 is 2.22 bits per heavy atom. The van der Waals surface area contributed by atoms with Crippen LogP contribution in [0, 0.1) is 12.3 Å². The van der Waals surface area contributed by atoms with Gasteiger partial charge in [0.2, 0.25) is 10.0 Å². The molecule has 2 N–H and O–H groups in total. The van der Waals surface area contributed by atoms with E-state index in [0.29, 0.717) is 10.8 Å². The first-order valence-corrected chi connectivity index (χ1v) is 11.4. The molecule has 2 saturated heterocycles. The van der Waals surface area contributed by atoms with Gasteiger partial charge in [0.1, 0.15) is 4.21 Å². The average molecular weight is 528 g/mol. The molecule has 154 valence electrons. The highest BCUT2D eigenvalue weighted by molar-refractivity contribution is 14.0. The number of hydrogen-bond donors (Lipinski definition) is 2. The van der Waals surface area contributed by atoms with Gasteiger partial charge in [0, 0.05) is 43.1 Å². The molecule has 1 unspecified atom stereocenters. The molecule has 2 fully saturated rings. The number of rotatable bonds is 6. The zero-order chi connectivity index (χ0) is 18.6. The van der Waals surface area contributed by atoms with E-state index in [2.05, 4.69) is 19.9 Å². The monoisotopic (exact) mass is 528 g/mol. The molecule has 3 rings (SSSR count). The Morgan fingerprint density at radius 1 is 1.41 bits per heavy atom. The molecule has 0 aromatic carbocycles. The standard InChI is InChI=1S/C17H28N4O3S2.HI/c1-3-18-16(21-10-6-17(12-21)7-11-24-13-17)19-8-9-20-26(22,23)15-5-4-14(2)25-15;/h4-5,20H,3,6-13H2,1-2H3,(H,18,19);1H. The molecular weight excluding hydrogens is 499 g/mol. The molecule has 0 bridgehead atoms. The predicted octanol–water partition coefficient (Wildman–Crippen LogP) is 2.03. The van der Waals surface area contributed by atoms with Crippen molar-refractivity contribution in [3.8, 4) is 0 Å². The van der Waals surface area contributed by atoms with Crippen molar-refractivity contribution in [2.75, 3.05) is 45.9 Å². The van der Waals surface area contributed by atoms with E-state index in [1.165, 1.54) is 11.3 Å². The number of nitrogens with zero attached hydrogens (tertiary/aromatic N) is 2. The van der Waals surface area contributed by atoms with Crippen LogP contribution in [0.15, 0.2) is 21.3 Å². The van der Waals surface area contributed by atoms with Gasteiger partial charge in [0.25, 0.3) is 0 Å². The first-order valence-electron chi connectivity index (χ1n) is 9.11. The van der Waals surface area contributed by atoms with Crippen LogP contribution in [-0.4, -0.2) is 65.2 Å². The Morgan fingerprint density at radius 3 is 2.85 bits per heavy atom. The molecule has 0 amide bonds. The molecule has 7 nitrogen and oxygen atoms in total. The van der Waals surface area contributed by atoms with E-state index in [0.717, 1.165) is 56.5 Å². The van der Waals surface area contributed by atoms with E-state index in [-0.39, 0.29) is 35.9 Å². The molecule has 27 heavy (non-hydrogen) atoms. The molecule has 0 aliphatic carbocycles. The number of sulfonamides is 1. The molecule has 2 aliphatic rings. The number of aliphatic imine (C=N–C) groups is 1. The molecule has 2 aliphatic heterocycles. The summed E-state index contributed by atoms with van der Waals surface area (Å²) in [5.74, 6) is 0.863. The van der Waals surface area contributed by atoms with E-state index >= 15 is 0 Å². The number of aryl methyl sites for hydroxylation is 1. The summed E-state index contributed by atoms with van der Waals surface area (Å²) >= 11 is 1.28. The number of ether oxygens (including phenoxy) is 1. The molecule has 0 saturated carbocycles. The molecule has 1 aromatic rings. The van der Waals surface area contributed by atoms with Crippen LogP contribution in [0.3, 0.4) is 0 Å². The lowest BCUT2D eigenvalue weighted by atomic mass is 9.87. The Labute approximate surface area is 183 Å². The van der Waals surface area contributed by atoms with Crippen molar-refractivity contribution < 1.29 is 13.2 Å². The van der Waals surface area contributed by atoms with Gasteiger partial charge in [-0.2, -0.15) is 0 Å². The normalized spacial score (nSPS) is 23.0. The maximum atomic E-state index is 12.3. The molecule has 10 heteroatoms. The van der Waals surface area contributed by atoms with E-state index in [1.807, 2.05) is 19.9 Å². The summed E-state index contributed by atoms with van der Waals surface area (Å²) < 4.78 is 33.1. The third-order valence-electron chi connectivity index (χ3n) is 4.90. The van der Waals surface area contributed by atoms with Crippen molar-refractivity contribution in [3.63, 3.8) is 0 Å². The van der Waals surface area contributed by atoms with Gasteiger partial charge < -0.3 is 15.0 Å². The summed E-state index contributed by atoms with van der Waals surface area (Å²) in [5.41, 5.74) is 0.273. The van der Waals surface area contributed by atoms with Crippen molar-refractivity contribution in [1.29, 1.82) is 0 Å². The molecule has 3 heterocycles. The molecular formula is C17H29IN4O3S2. The van der Waals surface area contributed by atoms with Gasteiger partial charge in [-0.15, -0.1) is 35.3 Å². The van der Waals surface area contributed by atoms with Gasteiger partial charge in [0.05, 0.1) is 13.2 Å². The first-order chi connectivity index (χ1) is 12.4. The highest BCUT2D eigenvalue weighted by atomic mass is 127. The second kappa shape index (κ2) is 9.86. The second-order valence-electron chi connectivity index (χ2n) is 6.97. The summed E-state index contributed by atoms with van der Waals surface area (Å²) in [7, 11) is -3.44. The van der Waals surface area contributed by atoms with Gasteiger partial charge in [-0.05, 0) is 38.8 Å². The van der Waals surface area contributed by atoms with E-state index < -0.39 is 10.0 Å². The number of hydrogen-bond acceptors (Lipinski definition) is 5. The molecule has 0 radical (unpaired) electrons. The van der Waals surface area contributed by atoms with Crippen molar-refractivity contribution >= 4 is 51.3 Å². The second-order valence-corrected chi connectivity index (χ2v) is 10.3. The summed E-state index contributed by atoms with van der Waals surface area (Å²) in [6.07, 6.45) is 2.24. The number of thiophene rings is 1. The number of likely N-dealkylation sites (tertiary alicyclic amines) is 1. The number of nitrogens with one attached hydrogen (secondary N) is 2. The van der Waals surface area contributed by atoms with Gasteiger partial charge in [-0.1, -0.05) is 0 Å². The Bertz CT molecular complexity index is 745. The molecule has 1 atom stereocenters. The first kappa shape index (κ1) is 22.9. The average Bonchev–Trinajstić information content (AvgIpc) is 3.34. The van der Waals surface area contributed by atoms with Crippen LogP contribution in [0.5, 0.6) is 0 Å². The zero-order valence-electron chi connectivity index (χ0n) is 15.9. The maximum absolute atomic E-state index is 12.3. The predicted molar refractivity (Wildman–Crippen MR) is 120 cm³/mol. The SMILES string of the molecule is CCNC(=NCCNS(=O)(=O)c1ccc(C)s1)N1CCC2(CCOC2)C1.I. The van der Waals surface area contributed by atoms with Crippen LogP contribution in [0.1, 0.15) is 24.6 Å². The number of halogens is 1. The van der Waals surface area contributed by atoms with Crippen LogP contribution >= 0.6 is 35.3 Å². The third kappa shape index (κ3) is 5.78. The van der Waals surface area contributed by atoms with Crippen LogP contribution in [0.4, 0.5) is 0 Å². The minimum Gasteiger partial charge on any atom is -0.381 e. The molecule has 1 aromatic heterocycles. The van der Waals surface area contributed by atoms with Gasteiger partial charge >= 0.3 is 0 Å². The van der Waals surface area contributed by atoms with Crippen molar-refractivity contribution in [2.45, 2.75) is 30.9 Å². The van der Waals surface area contributed by atoms with Crippen LogP contribution in [0.25, 0.3) is 0 Å². The Balaban J connectivity index is 0.00000261. The number of guanidine groups is 1. The highest BCUT2D eigenvalue weighted by Gasteiger charge is 2.42. The van der Waals surface area contributed by atoms with Gasteiger partial charge in [0.15, 0.2) is 5.96 Å². The van der Waals surface area contributed by atoms with Gasteiger partial charge in [-0.25, -0.2) is 13.1 Å². The van der Waals surface area contributed by atoms with Crippen LogP contribution < -0.4 is 10.0 Å². The lowest BCUT2D eigenvalue weighted by Gasteiger charge is -2.25. The van der Waals surface area contributed by atoms with E-state index in [4.69, 9.17) is 4.74 Å². The largest absolute Gasteiger partial charge is 0.381 e. The summed E-state index contributed by atoms with van der Waals surface area (Å²) in [5, 5.41) is 3.32. The highest BCUT2D eigenvalue weighted by Crippen LogP contribution is 2.38. The van der Waals surface area contributed by atoms with Crippen LogP contribution in [-0.2, 0) is 14.8 Å². The topological polar surface area (TPSA) is 83.0 Å². The minimum atomic E-state index is -3.44. The third-order valence-corrected chi connectivity index (χ3v) is 7.86. The lowest BCUT2D eigenvalue weighted by molar-refractivity contribution is 0.156. The fourth-order valence-electron chi connectivity index (χ4n) is 3.48. The fourth-order valence-corrected chi connectivity index (χ4v) is 5.83. The van der Waals surface area contributed by atoms with Crippen molar-refractivity contribution in [3.05, 3.63) is 17.0 Å². The van der Waals surface area contributed by atoms with Gasteiger partial charge in [-0.3, -0.25) is 4.99 Å². The minimum absolute atomic E-state index is 0. The Kier molecular flexibility index (Phi) is 8.34. The summed E-state index contributed by atoms with van der Waals surface area (Å²) in [6, 6.07) is 3.46. The van der Waals surface area contributed by atoms with Crippen molar-refractivity contribution in [2.24, 2.45) is 10.4 Å². The summed E-state index contributed by atoms with van der Waals surface area (Å²) in [4.78, 5) is 7.88. The van der Waals surface area contributed by atoms with E-state index in [1.54, 1.807) is 6.07 Å².